The van der Waals surface area contributed by atoms with Crippen LogP contribution in [0.15, 0.2) is 0 Å². The Morgan fingerprint density at radius 2 is 1.00 bits per heavy atom. The predicted molar refractivity (Wildman–Crippen MR) is 2.06 cm³/mol. The molecule has 0 radical (unpaired) electrons. The third-order valence-corrected chi connectivity index (χ3v) is 0. The van der Waals surface area contributed by atoms with Gasteiger partial charge in [-0.3, -0.25) is 0 Å². The number of hydrogen-bond donors (Lipinski definition) is 0. The molecular formula is NiO3W. The van der Waals surface area contributed by atoms with Gasteiger partial charge >= 0.3 is 27.4 Å². The van der Waals surface area contributed by atoms with Crippen LogP contribution in [-0.4, -0.2) is 0 Å². The van der Waals surface area contributed by atoms with Gasteiger partial charge in [0, 0.05) is 16.5 Å². The molecule has 0 aromatic heterocycles. The van der Waals surface area contributed by atoms with E-state index in [1.165, 1.54) is 0 Å². The van der Waals surface area contributed by atoms with Crippen molar-refractivity contribution in [2.45, 2.75) is 0 Å². The van der Waals surface area contributed by atoms with Crippen molar-refractivity contribution in [1.82, 2.24) is 0 Å². The van der Waals surface area contributed by atoms with Gasteiger partial charge in [-0.2, -0.15) is 0 Å². The minimum absolute atomic E-state index is 0. The molecule has 5 heteroatoms. The Labute approximate surface area is 44.1 Å². The van der Waals surface area contributed by atoms with E-state index in [1.54, 1.807) is 0 Å². The molecule has 0 bridgehead atoms. The van der Waals surface area contributed by atoms with Crippen molar-refractivity contribution in [1.29, 1.82) is 0 Å². The van der Waals surface area contributed by atoms with Crippen LogP contribution >= 0.6 is 0 Å². The molecule has 0 saturated carbocycles. The van der Waals surface area contributed by atoms with Gasteiger partial charge in [-0.1, -0.05) is 0 Å². The van der Waals surface area contributed by atoms with Crippen molar-refractivity contribution in [3.8, 4) is 0 Å². The third-order valence-electron chi connectivity index (χ3n) is 0. The summed E-state index contributed by atoms with van der Waals surface area (Å²) in [5.41, 5.74) is 0. The maximum atomic E-state index is 8.61. The molecule has 0 aromatic carbocycles. The van der Waals surface area contributed by atoms with Crippen molar-refractivity contribution >= 4 is 0 Å². The molecular weight excluding hydrogens is 291 g/mol. The average molecular weight is 291 g/mol. The molecule has 3 nitrogen and oxygen atoms in total. The van der Waals surface area contributed by atoms with Crippen LogP contribution in [0.4, 0.5) is 0 Å². The molecule has 5 heavy (non-hydrogen) atoms. The SMILES string of the molecule is [Ni].[O]=[W](=[O])=[O]. The summed E-state index contributed by atoms with van der Waals surface area (Å²) in [5, 5.41) is 0. The van der Waals surface area contributed by atoms with Gasteiger partial charge in [-0.15, -0.1) is 0 Å². The van der Waals surface area contributed by atoms with Crippen molar-refractivity contribution < 1.29 is 43.9 Å². The van der Waals surface area contributed by atoms with Gasteiger partial charge in [-0.25, -0.2) is 0 Å². The van der Waals surface area contributed by atoms with Crippen LogP contribution in [0.1, 0.15) is 0 Å². The molecule has 0 amide bonds. The van der Waals surface area contributed by atoms with Crippen LogP contribution in [0, 0.1) is 0 Å². The van der Waals surface area contributed by atoms with E-state index in [0.717, 1.165) is 0 Å². The molecule has 0 rings (SSSR count). The molecule has 0 aliphatic rings. The van der Waals surface area contributed by atoms with Crippen LogP contribution in [0.2, 0.25) is 0 Å². The van der Waals surface area contributed by atoms with Gasteiger partial charge in [0.15, 0.2) is 0 Å². The zero-order valence-electron chi connectivity index (χ0n) is 1.95. The number of hydrogen-bond acceptors (Lipinski definition) is 3. The van der Waals surface area contributed by atoms with Crippen LogP contribution < -0.4 is 0 Å². The van der Waals surface area contributed by atoms with E-state index in [9.17, 15) is 0 Å². The summed E-state index contributed by atoms with van der Waals surface area (Å²) in [6.45, 7) is 0. The average Bonchev–Trinajstić information content (AvgIpc) is 0.811. The fourth-order valence-electron chi connectivity index (χ4n) is 0. The number of rotatable bonds is 0. The first-order valence-electron chi connectivity index (χ1n) is 0.500. The summed E-state index contributed by atoms with van der Waals surface area (Å²) >= 11 is -4.28. The van der Waals surface area contributed by atoms with Crippen LogP contribution in [0.5, 0.6) is 0 Å². The monoisotopic (exact) mass is 290 g/mol. The van der Waals surface area contributed by atoms with Crippen molar-refractivity contribution in [2.24, 2.45) is 0 Å². The molecule has 0 heterocycles. The molecule has 0 spiro atoms. The van der Waals surface area contributed by atoms with E-state index in [1.807, 2.05) is 0 Å². The van der Waals surface area contributed by atoms with E-state index in [0.29, 0.717) is 0 Å². The zero-order chi connectivity index (χ0) is 3.58. The maximum absolute atomic E-state index is 8.61. The van der Waals surface area contributed by atoms with Crippen molar-refractivity contribution in [3.05, 3.63) is 0 Å². The quantitative estimate of drug-likeness (QED) is 0.573. The van der Waals surface area contributed by atoms with Crippen LogP contribution in [-0.2, 0) is 43.9 Å². The van der Waals surface area contributed by atoms with E-state index < -0.39 is 17.2 Å². The van der Waals surface area contributed by atoms with Gasteiger partial charge in [-0.05, 0) is 0 Å². The standard InChI is InChI=1S/Ni.3O.W. The van der Waals surface area contributed by atoms with Gasteiger partial charge in [0.2, 0.25) is 0 Å². The topological polar surface area (TPSA) is 51.2 Å². The summed E-state index contributed by atoms with van der Waals surface area (Å²) in [7, 11) is 0. The molecule has 0 aliphatic heterocycles. The van der Waals surface area contributed by atoms with Gasteiger partial charge in [0.05, 0.1) is 0 Å². The van der Waals surface area contributed by atoms with Gasteiger partial charge < -0.3 is 0 Å². The van der Waals surface area contributed by atoms with Gasteiger partial charge in [0.25, 0.3) is 0 Å². The predicted octanol–water partition coefficient (Wildman–Crippen LogP) is -0.361. The summed E-state index contributed by atoms with van der Waals surface area (Å²) in [6, 6.07) is 0. The molecule has 0 aromatic rings. The molecule has 0 saturated heterocycles. The van der Waals surface area contributed by atoms with Crippen molar-refractivity contribution in [2.75, 3.05) is 0 Å². The summed E-state index contributed by atoms with van der Waals surface area (Å²) in [4.78, 5) is 0. The molecule has 0 fully saturated rings. The first-order chi connectivity index (χ1) is 1.73. The normalized spacial score (nSPS) is 4.80. The van der Waals surface area contributed by atoms with Crippen LogP contribution in [0.25, 0.3) is 0 Å². The minimum atomic E-state index is -4.28. The van der Waals surface area contributed by atoms with E-state index in [2.05, 4.69) is 0 Å². The van der Waals surface area contributed by atoms with E-state index >= 15 is 0 Å². The first-order valence-corrected chi connectivity index (χ1v) is 4.09. The van der Waals surface area contributed by atoms with Crippen molar-refractivity contribution in [3.63, 3.8) is 0 Å². The Morgan fingerprint density at radius 1 is 1.00 bits per heavy atom. The van der Waals surface area contributed by atoms with E-state index in [4.69, 9.17) is 10.2 Å². The molecule has 0 N–H and O–H groups in total. The third kappa shape index (κ3) is 90.2. The fraction of sp³-hybridized carbons (Fsp3) is 0. The second kappa shape index (κ2) is 4.58. The Balaban J connectivity index is 0. The summed E-state index contributed by atoms with van der Waals surface area (Å²) in [6.07, 6.45) is 0. The Morgan fingerprint density at radius 3 is 1.00 bits per heavy atom. The summed E-state index contributed by atoms with van der Waals surface area (Å²) in [5.74, 6) is 0. The second-order valence-corrected chi connectivity index (χ2v) is 1.67. The Bertz CT molecular complexity index is 76.3. The van der Waals surface area contributed by atoms with E-state index in [-0.39, 0.29) is 16.5 Å². The first kappa shape index (κ1) is 9.13. The Kier molecular flexibility index (Phi) is 8.37. The van der Waals surface area contributed by atoms with Gasteiger partial charge in [0.1, 0.15) is 0 Å². The fourth-order valence-corrected chi connectivity index (χ4v) is 0. The second-order valence-electron chi connectivity index (χ2n) is 0.204. The molecule has 0 aliphatic carbocycles. The Hall–Kier alpha value is 0.582. The zero-order valence-corrected chi connectivity index (χ0v) is 5.87. The molecule has 0 unspecified atom stereocenters. The summed E-state index contributed by atoms with van der Waals surface area (Å²) < 4.78 is 25.8. The molecule has 0 atom stereocenters. The van der Waals surface area contributed by atoms with Crippen LogP contribution in [0.3, 0.4) is 0 Å². The molecule has 34 valence electrons.